The fourth-order valence-corrected chi connectivity index (χ4v) is 5.02. The monoisotopic (exact) mass is 491 g/mol. The molecule has 176 valence electrons. The summed E-state index contributed by atoms with van der Waals surface area (Å²) < 4.78 is 22.7. The van der Waals surface area contributed by atoms with Gasteiger partial charge in [-0.1, -0.05) is 29.0 Å². The van der Waals surface area contributed by atoms with Crippen molar-refractivity contribution in [2.45, 2.75) is 0 Å². The molecule has 2 heterocycles. The van der Waals surface area contributed by atoms with Gasteiger partial charge in [0.2, 0.25) is 5.75 Å². The Morgan fingerprint density at radius 2 is 1.85 bits per heavy atom. The van der Waals surface area contributed by atoms with Crippen LogP contribution >= 0.6 is 22.9 Å². The van der Waals surface area contributed by atoms with Gasteiger partial charge in [0.15, 0.2) is 16.6 Å². The largest absolute Gasteiger partial charge is 0.493 e. The molecule has 0 radical (unpaired) electrons. The number of hydrogen-bond acceptors (Lipinski definition) is 8. The maximum atomic E-state index is 13.8. The molecule has 0 saturated carbocycles. The van der Waals surface area contributed by atoms with Gasteiger partial charge < -0.3 is 18.9 Å². The maximum absolute atomic E-state index is 13.8. The van der Waals surface area contributed by atoms with Crippen LogP contribution in [0, 0.1) is 0 Å². The first-order chi connectivity index (χ1) is 16.0. The minimum atomic E-state index is -0.210. The predicted molar refractivity (Wildman–Crippen MR) is 130 cm³/mol. The van der Waals surface area contributed by atoms with Crippen LogP contribution in [0.25, 0.3) is 10.2 Å². The van der Waals surface area contributed by atoms with E-state index in [4.69, 9.17) is 35.5 Å². The number of thiazole rings is 1. The van der Waals surface area contributed by atoms with Gasteiger partial charge in [-0.25, -0.2) is 4.98 Å². The molecule has 2 aromatic carbocycles. The highest BCUT2D eigenvalue weighted by molar-refractivity contribution is 7.22. The van der Waals surface area contributed by atoms with Gasteiger partial charge in [0.25, 0.3) is 5.91 Å². The number of aromatic nitrogens is 1. The Bertz CT molecular complexity index is 1110. The molecule has 3 aromatic rings. The summed E-state index contributed by atoms with van der Waals surface area (Å²) in [5.74, 6) is 1.06. The molecule has 1 aliphatic heterocycles. The zero-order valence-corrected chi connectivity index (χ0v) is 20.4. The summed E-state index contributed by atoms with van der Waals surface area (Å²) in [7, 11) is 4.58. The van der Waals surface area contributed by atoms with Crippen molar-refractivity contribution in [1.82, 2.24) is 9.88 Å². The number of anilines is 1. The fraction of sp³-hybridized carbons (Fsp3) is 0.391. The third kappa shape index (κ3) is 5.01. The lowest BCUT2D eigenvalue weighted by atomic mass is 10.1. The lowest BCUT2D eigenvalue weighted by Gasteiger charge is -2.29. The Labute approximate surface area is 201 Å². The topological polar surface area (TPSA) is 73.4 Å². The zero-order chi connectivity index (χ0) is 23.4. The molecular weight excluding hydrogens is 466 g/mol. The standard InChI is InChI=1S/C23H26ClN3O5S/c1-29-17-13-15(14-18(30-2)21(17)31-3)22(28)27(8-7-26-9-11-32-12-10-26)23-25-20-16(24)5-4-6-19(20)33-23/h4-6,13-14H,7-12H2,1-3H3. The maximum Gasteiger partial charge on any atom is 0.260 e. The highest BCUT2D eigenvalue weighted by atomic mass is 35.5. The quantitative estimate of drug-likeness (QED) is 0.472. The number of fused-ring (bicyclic) bond motifs is 1. The van der Waals surface area contributed by atoms with E-state index in [0.717, 1.165) is 17.8 Å². The van der Waals surface area contributed by atoms with Crippen LogP contribution in [0.15, 0.2) is 30.3 Å². The average molecular weight is 492 g/mol. The number of halogens is 1. The molecule has 8 nitrogen and oxygen atoms in total. The normalized spacial score (nSPS) is 14.3. The molecule has 0 N–H and O–H groups in total. The lowest BCUT2D eigenvalue weighted by Crippen LogP contribution is -2.43. The predicted octanol–water partition coefficient (Wildman–Crippen LogP) is 3.95. The Morgan fingerprint density at radius 1 is 1.15 bits per heavy atom. The van der Waals surface area contributed by atoms with Crippen LogP contribution in [0.4, 0.5) is 5.13 Å². The first-order valence-corrected chi connectivity index (χ1v) is 11.7. The van der Waals surface area contributed by atoms with E-state index in [-0.39, 0.29) is 5.91 Å². The van der Waals surface area contributed by atoms with Gasteiger partial charge in [-0.2, -0.15) is 0 Å². The first-order valence-electron chi connectivity index (χ1n) is 10.5. The fourth-order valence-electron chi connectivity index (χ4n) is 3.73. The second kappa shape index (κ2) is 10.6. The van der Waals surface area contributed by atoms with Gasteiger partial charge in [-0.15, -0.1) is 0 Å². The van der Waals surface area contributed by atoms with Crippen molar-refractivity contribution < 1.29 is 23.7 Å². The molecule has 1 fully saturated rings. The number of amides is 1. The number of hydrogen-bond donors (Lipinski definition) is 0. The summed E-state index contributed by atoms with van der Waals surface area (Å²) in [5, 5.41) is 1.15. The van der Waals surface area contributed by atoms with Crippen LogP contribution in [-0.4, -0.2) is 76.5 Å². The summed E-state index contributed by atoms with van der Waals surface area (Å²) >= 11 is 7.79. The number of methoxy groups -OCH3 is 3. The van der Waals surface area contributed by atoms with E-state index < -0.39 is 0 Å². The number of rotatable bonds is 8. The van der Waals surface area contributed by atoms with Crippen molar-refractivity contribution in [3.05, 3.63) is 40.9 Å². The van der Waals surface area contributed by atoms with Crippen LogP contribution in [-0.2, 0) is 4.74 Å². The molecule has 1 aromatic heterocycles. The van der Waals surface area contributed by atoms with E-state index in [1.54, 1.807) is 23.1 Å². The Morgan fingerprint density at radius 3 is 2.45 bits per heavy atom. The van der Waals surface area contributed by atoms with Crippen LogP contribution < -0.4 is 19.1 Å². The molecule has 1 saturated heterocycles. The Kier molecular flexibility index (Phi) is 7.54. The van der Waals surface area contributed by atoms with Crippen LogP contribution in [0.3, 0.4) is 0 Å². The van der Waals surface area contributed by atoms with E-state index in [0.29, 0.717) is 64.8 Å². The number of ether oxygens (including phenoxy) is 4. The summed E-state index contributed by atoms with van der Waals surface area (Å²) in [6.07, 6.45) is 0. The highest BCUT2D eigenvalue weighted by Gasteiger charge is 2.26. The van der Waals surface area contributed by atoms with Crippen molar-refractivity contribution in [3.63, 3.8) is 0 Å². The van der Waals surface area contributed by atoms with E-state index in [9.17, 15) is 4.79 Å². The number of carbonyl (C=O) groups excluding carboxylic acids is 1. The molecule has 1 aliphatic rings. The molecule has 33 heavy (non-hydrogen) atoms. The van der Waals surface area contributed by atoms with Gasteiger partial charge in [0, 0.05) is 31.7 Å². The minimum Gasteiger partial charge on any atom is -0.493 e. The number of carbonyl (C=O) groups is 1. The molecule has 0 spiro atoms. The van der Waals surface area contributed by atoms with Crippen molar-refractivity contribution in [2.75, 3.05) is 65.6 Å². The third-order valence-corrected chi connectivity index (χ3v) is 6.84. The van der Waals surface area contributed by atoms with E-state index in [1.165, 1.54) is 32.7 Å². The number of morpholine rings is 1. The Hall–Kier alpha value is -2.59. The molecule has 4 rings (SSSR count). The summed E-state index contributed by atoms with van der Waals surface area (Å²) in [6, 6.07) is 8.95. The smallest absolute Gasteiger partial charge is 0.260 e. The van der Waals surface area contributed by atoms with Crippen LogP contribution in [0.1, 0.15) is 10.4 Å². The van der Waals surface area contributed by atoms with E-state index in [1.807, 2.05) is 12.1 Å². The number of nitrogens with zero attached hydrogens (tertiary/aromatic N) is 3. The van der Waals surface area contributed by atoms with E-state index in [2.05, 4.69) is 4.90 Å². The molecular formula is C23H26ClN3O5S. The minimum absolute atomic E-state index is 0.210. The van der Waals surface area contributed by atoms with E-state index >= 15 is 0 Å². The van der Waals surface area contributed by atoms with Crippen molar-refractivity contribution in [3.8, 4) is 17.2 Å². The number of benzene rings is 2. The first kappa shape index (κ1) is 23.6. The van der Waals surface area contributed by atoms with Crippen molar-refractivity contribution in [2.24, 2.45) is 0 Å². The lowest BCUT2D eigenvalue weighted by molar-refractivity contribution is 0.0391. The summed E-state index contributed by atoms with van der Waals surface area (Å²) in [6.45, 7) is 4.21. The molecule has 0 aliphatic carbocycles. The molecule has 0 bridgehead atoms. The molecule has 1 amide bonds. The summed E-state index contributed by atoms with van der Waals surface area (Å²) in [4.78, 5) is 22.5. The average Bonchev–Trinajstić information content (AvgIpc) is 3.29. The van der Waals surface area contributed by atoms with Gasteiger partial charge in [0.05, 0.1) is 44.3 Å². The van der Waals surface area contributed by atoms with Gasteiger partial charge in [0.1, 0.15) is 5.52 Å². The summed E-state index contributed by atoms with van der Waals surface area (Å²) in [5.41, 5.74) is 1.10. The van der Waals surface area contributed by atoms with Crippen LogP contribution in [0.5, 0.6) is 17.2 Å². The molecule has 10 heteroatoms. The Balaban J connectivity index is 1.71. The van der Waals surface area contributed by atoms with Gasteiger partial charge >= 0.3 is 0 Å². The van der Waals surface area contributed by atoms with Crippen molar-refractivity contribution >= 4 is 44.2 Å². The SMILES string of the molecule is COc1cc(C(=O)N(CCN2CCOCC2)c2nc3c(Cl)cccc3s2)cc(OC)c1OC. The second-order valence-electron chi connectivity index (χ2n) is 7.41. The van der Waals surface area contributed by atoms with Gasteiger partial charge in [-0.3, -0.25) is 14.6 Å². The van der Waals surface area contributed by atoms with Gasteiger partial charge in [-0.05, 0) is 24.3 Å². The van der Waals surface area contributed by atoms with Crippen LogP contribution in [0.2, 0.25) is 5.02 Å². The number of para-hydroxylation sites is 1. The zero-order valence-electron chi connectivity index (χ0n) is 18.8. The third-order valence-electron chi connectivity index (χ3n) is 5.49. The molecule has 0 unspecified atom stereocenters. The second-order valence-corrected chi connectivity index (χ2v) is 8.82. The van der Waals surface area contributed by atoms with Crippen molar-refractivity contribution in [1.29, 1.82) is 0 Å². The highest BCUT2D eigenvalue weighted by Crippen LogP contribution is 2.39. The molecule has 0 atom stereocenters.